The lowest BCUT2D eigenvalue weighted by molar-refractivity contribution is -0.119. The third kappa shape index (κ3) is 4.87. The third-order valence-corrected chi connectivity index (χ3v) is 3.71. The molecule has 0 saturated carbocycles. The second kappa shape index (κ2) is 7.55. The van der Waals surface area contributed by atoms with E-state index in [-0.39, 0.29) is 24.6 Å². The van der Waals surface area contributed by atoms with E-state index in [1.807, 2.05) is 20.8 Å². The maximum absolute atomic E-state index is 12.2. The molecule has 0 aromatic rings. The SMILES string of the molecule is C=CCNC(=O)CNC1=NCC2CN(C(=O)OC(C)(C)C)CCN12. The standard InChI is InChI=1S/C16H27N5O3/c1-5-6-17-13(22)10-19-14-18-9-12-11-20(7-8-21(12)14)15(23)24-16(2,3)4/h5,12H,1,6-11H2,2-4H3,(H,17,22)(H,18,19). The Bertz CT molecular complexity index is 526. The fourth-order valence-corrected chi connectivity index (χ4v) is 2.63. The second-order valence-corrected chi connectivity index (χ2v) is 6.88. The number of guanidine groups is 1. The molecule has 0 bridgehead atoms. The van der Waals surface area contributed by atoms with Crippen LogP contribution in [0.1, 0.15) is 20.8 Å². The maximum atomic E-state index is 12.2. The first kappa shape index (κ1) is 18.1. The minimum absolute atomic E-state index is 0.103. The lowest BCUT2D eigenvalue weighted by Gasteiger charge is -2.39. The summed E-state index contributed by atoms with van der Waals surface area (Å²) in [7, 11) is 0. The molecule has 0 radical (unpaired) electrons. The van der Waals surface area contributed by atoms with E-state index in [1.54, 1.807) is 11.0 Å². The molecule has 1 atom stereocenters. The lowest BCUT2D eigenvalue weighted by Crippen LogP contribution is -2.58. The molecule has 8 heteroatoms. The van der Waals surface area contributed by atoms with Gasteiger partial charge in [0.15, 0.2) is 5.96 Å². The molecule has 2 amide bonds. The van der Waals surface area contributed by atoms with Gasteiger partial charge in [-0.05, 0) is 20.8 Å². The van der Waals surface area contributed by atoms with Crippen molar-refractivity contribution in [3.05, 3.63) is 12.7 Å². The van der Waals surface area contributed by atoms with Gasteiger partial charge >= 0.3 is 6.09 Å². The quantitative estimate of drug-likeness (QED) is 0.714. The summed E-state index contributed by atoms with van der Waals surface area (Å²) < 4.78 is 5.42. The van der Waals surface area contributed by atoms with Crippen LogP contribution in [0.5, 0.6) is 0 Å². The van der Waals surface area contributed by atoms with E-state index < -0.39 is 5.60 Å². The summed E-state index contributed by atoms with van der Waals surface area (Å²) in [6.45, 7) is 12.2. The molecule has 0 aromatic heterocycles. The average molecular weight is 337 g/mol. The monoisotopic (exact) mass is 337 g/mol. The van der Waals surface area contributed by atoms with Crippen LogP contribution in [0.2, 0.25) is 0 Å². The average Bonchev–Trinajstić information content (AvgIpc) is 2.91. The topological polar surface area (TPSA) is 86.3 Å². The molecular weight excluding hydrogens is 310 g/mol. The van der Waals surface area contributed by atoms with E-state index >= 15 is 0 Å². The number of amides is 2. The van der Waals surface area contributed by atoms with E-state index in [2.05, 4.69) is 27.1 Å². The molecule has 24 heavy (non-hydrogen) atoms. The predicted octanol–water partition coefficient (Wildman–Crippen LogP) is 0.169. The fourth-order valence-electron chi connectivity index (χ4n) is 2.63. The van der Waals surface area contributed by atoms with Crippen molar-refractivity contribution >= 4 is 18.0 Å². The van der Waals surface area contributed by atoms with Crippen LogP contribution < -0.4 is 10.6 Å². The van der Waals surface area contributed by atoms with Crippen LogP contribution in [0.3, 0.4) is 0 Å². The number of ether oxygens (including phenoxy) is 1. The van der Waals surface area contributed by atoms with E-state index in [9.17, 15) is 9.59 Å². The number of nitrogens with one attached hydrogen (secondary N) is 2. The fraction of sp³-hybridized carbons (Fsp3) is 0.688. The molecule has 134 valence electrons. The summed E-state index contributed by atoms with van der Waals surface area (Å²) in [4.78, 5) is 32.1. The first-order valence-corrected chi connectivity index (χ1v) is 8.20. The number of fused-ring (bicyclic) bond motifs is 1. The van der Waals surface area contributed by atoms with Crippen LogP contribution in [0.25, 0.3) is 0 Å². The van der Waals surface area contributed by atoms with Gasteiger partial charge in [-0.25, -0.2) is 4.79 Å². The molecule has 2 aliphatic heterocycles. The zero-order chi connectivity index (χ0) is 17.7. The Hall–Kier alpha value is -2.25. The largest absolute Gasteiger partial charge is 0.444 e. The van der Waals surface area contributed by atoms with E-state index in [0.717, 1.165) is 5.96 Å². The molecule has 1 saturated heterocycles. The van der Waals surface area contributed by atoms with Gasteiger partial charge in [0, 0.05) is 26.2 Å². The van der Waals surface area contributed by atoms with Gasteiger partial charge in [-0.1, -0.05) is 6.08 Å². The Labute approximate surface area is 142 Å². The number of aliphatic imine (C=N–C) groups is 1. The Morgan fingerprint density at radius 2 is 2.17 bits per heavy atom. The van der Waals surface area contributed by atoms with Crippen LogP contribution in [-0.2, 0) is 9.53 Å². The minimum Gasteiger partial charge on any atom is -0.444 e. The first-order chi connectivity index (χ1) is 11.3. The van der Waals surface area contributed by atoms with Gasteiger partial charge in [-0.3, -0.25) is 9.79 Å². The molecule has 0 spiro atoms. The normalized spacial score (nSPS) is 20.1. The van der Waals surface area contributed by atoms with Gasteiger partial charge in [0.2, 0.25) is 5.91 Å². The number of carbonyl (C=O) groups is 2. The number of nitrogens with zero attached hydrogens (tertiary/aromatic N) is 3. The molecule has 2 N–H and O–H groups in total. The Balaban J connectivity index is 1.80. The minimum atomic E-state index is -0.494. The molecule has 1 fully saturated rings. The van der Waals surface area contributed by atoms with Gasteiger partial charge < -0.3 is 25.2 Å². The third-order valence-electron chi connectivity index (χ3n) is 3.71. The van der Waals surface area contributed by atoms with Crippen molar-refractivity contribution in [2.45, 2.75) is 32.4 Å². The van der Waals surface area contributed by atoms with Crippen molar-refractivity contribution < 1.29 is 14.3 Å². The molecule has 2 heterocycles. The number of rotatable bonds is 4. The second-order valence-electron chi connectivity index (χ2n) is 6.88. The zero-order valence-corrected chi connectivity index (χ0v) is 14.7. The smallest absolute Gasteiger partial charge is 0.410 e. The van der Waals surface area contributed by atoms with Crippen LogP contribution in [0.4, 0.5) is 4.79 Å². The molecular formula is C16H27N5O3. The van der Waals surface area contributed by atoms with Crippen LogP contribution >= 0.6 is 0 Å². The maximum Gasteiger partial charge on any atom is 0.410 e. The predicted molar refractivity (Wildman–Crippen MR) is 91.8 cm³/mol. The molecule has 8 nitrogen and oxygen atoms in total. The van der Waals surface area contributed by atoms with Crippen molar-refractivity contribution in [1.82, 2.24) is 20.4 Å². The molecule has 0 aromatic carbocycles. The van der Waals surface area contributed by atoms with Gasteiger partial charge in [0.25, 0.3) is 0 Å². The van der Waals surface area contributed by atoms with Gasteiger partial charge in [0.05, 0.1) is 19.1 Å². The van der Waals surface area contributed by atoms with Crippen molar-refractivity contribution in [2.75, 3.05) is 39.3 Å². The number of carbonyl (C=O) groups excluding carboxylic acids is 2. The van der Waals surface area contributed by atoms with Gasteiger partial charge in [0.1, 0.15) is 5.60 Å². The summed E-state index contributed by atoms with van der Waals surface area (Å²) in [5.41, 5.74) is -0.494. The molecule has 2 aliphatic rings. The molecule has 1 unspecified atom stereocenters. The molecule has 2 rings (SSSR count). The van der Waals surface area contributed by atoms with Crippen LogP contribution in [0, 0.1) is 0 Å². The van der Waals surface area contributed by atoms with Crippen LogP contribution in [0.15, 0.2) is 17.6 Å². The Morgan fingerprint density at radius 1 is 1.42 bits per heavy atom. The highest BCUT2D eigenvalue weighted by Crippen LogP contribution is 2.18. The van der Waals surface area contributed by atoms with E-state index in [1.165, 1.54) is 0 Å². The summed E-state index contributed by atoms with van der Waals surface area (Å²) >= 11 is 0. The summed E-state index contributed by atoms with van der Waals surface area (Å²) in [6.07, 6.45) is 1.35. The van der Waals surface area contributed by atoms with E-state index in [4.69, 9.17) is 4.74 Å². The highest BCUT2D eigenvalue weighted by atomic mass is 16.6. The van der Waals surface area contributed by atoms with Crippen molar-refractivity contribution in [3.8, 4) is 0 Å². The first-order valence-electron chi connectivity index (χ1n) is 8.20. The summed E-state index contributed by atoms with van der Waals surface area (Å²) in [5.74, 6) is 0.617. The van der Waals surface area contributed by atoms with Gasteiger partial charge in [-0.2, -0.15) is 0 Å². The summed E-state index contributed by atoms with van der Waals surface area (Å²) in [6, 6.07) is 0.130. The number of hydrogen-bond acceptors (Lipinski definition) is 6. The Morgan fingerprint density at radius 3 is 2.83 bits per heavy atom. The highest BCUT2D eigenvalue weighted by Gasteiger charge is 2.36. The number of hydrogen-bond donors (Lipinski definition) is 2. The zero-order valence-electron chi connectivity index (χ0n) is 14.7. The highest BCUT2D eigenvalue weighted by molar-refractivity contribution is 5.87. The number of piperazine rings is 1. The van der Waals surface area contributed by atoms with Crippen molar-refractivity contribution in [1.29, 1.82) is 0 Å². The van der Waals surface area contributed by atoms with Gasteiger partial charge in [-0.15, -0.1) is 6.58 Å². The van der Waals surface area contributed by atoms with E-state index in [0.29, 0.717) is 32.7 Å². The Kier molecular flexibility index (Phi) is 5.69. The molecule has 0 aliphatic carbocycles. The van der Waals surface area contributed by atoms with Crippen molar-refractivity contribution in [2.24, 2.45) is 4.99 Å². The van der Waals surface area contributed by atoms with Crippen molar-refractivity contribution in [3.63, 3.8) is 0 Å². The lowest BCUT2D eigenvalue weighted by atomic mass is 10.2. The van der Waals surface area contributed by atoms with Crippen LogP contribution in [-0.4, -0.2) is 78.7 Å². The summed E-state index contributed by atoms with van der Waals surface area (Å²) in [5, 5.41) is 5.78.